The second kappa shape index (κ2) is 8.61. The molecule has 0 atom stereocenters. The largest absolute Gasteiger partial charge is 0.399 e. The van der Waals surface area contributed by atoms with E-state index in [0.29, 0.717) is 33.7 Å². The predicted molar refractivity (Wildman–Crippen MR) is 94.6 cm³/mol. The van der Waals surface area contributed by atoms with Crippen LogP contribution < -0.4 is 5.32 Å². The summed E-state index contributed by atoms with van der Waals surface area (Å²) in [5, 5.41) is 7.57. The van der Waals surface area contributed by atoms with Crippen molar-refractivity contribution in [2.24, 2.45) is 5.16 Å². The number of aromatic nitrogens is 2. The Bertz CT molecular complexity index is 748. The predicted octanol–water partition coefficient (Wildman–Crippen LogP) is 3.86. The average molecular weight is 367 g/mol. The molecular formula is C16H16Cl2N4O2. The van der Waals surface area contributed by atoms with Gasteiger partial charge in [0.25, 0.3) is 0 Å². The topological polar surface area (TPSA) is 76.5 Å². The lowest BCUT2D eigenvalue weighted by molar-refractivity contribution is -0.116. The van der Waals surface area contributed by atoms with Crippen molar-refractivity contribution in [1.29, 1.82) is 0 Å². The van der Waals surface area contributed by atoms with Crippen LogP contribution in [0.4, 0.5) is 5.69 Å². The minimum atomic E-state index is -0.175. The van der Waals surface area contributed by atoms with Crippen LogP contribution in [0.5, 0.6) is 0 Å². The van der Waals surface area contributed by atoms with Gasteiger partial charge in [-0.25, -0.2) is 9.97 Å². The van der Waals surface area contributed by atoms with Crippen molar-refractivity contribution in [3.8, 4) is 0 Å². The molecule has 0 saturated carbocycles. The maximum absolute atomic E-state index is 12.0. The third-order valence-corrected chi connectivity index (χ3v) is 3.85. The zero-order chi connectivity index (χ0) is 17.5. The van der Waals surface area contributed by atoms with Gasteiger partial charge in [0, 0.05) is 18.4 Å². The molecule has 0 spiro atoms. The molecule has 2 aromatic rings. The Morgan fingerprint density at radius 1 is 1.21 bits per heavy atom. The summed E-state index contributed by atoms with van der Waals surface area (Å²) >= 11 is 11.9. The molecule has 1 heterocycles. The summed E-state index contributed by atoms with van der Waals surface area (Å²) in [6, 6.07) is 5.14. The quantitative estimate of drug-likeness (QED) is 0.621. The van der Waals surface area contributed by atoms with Crippen molar-refractivity contribution >= 4 is 40.5 Å². The van der Waals surface area contributed by atoms with Crippen molar-refractivity contribution in [3.05, 3.63) is 52.0 Å². The third-order valence-electron chi connectivity index (χ3n) is 3.11. The minimum absolute atomic E-state index is 0.175. The zero-order valence-corrected chi connectivity index (χ0v) is 14.7. The van der Waals surface area contributed by atoms with Crippen LogP contribution in [0.2, 0.25) is 10.0 Å². The number of benzene rings is 1. The highest BCUT2D eigenvalue weighted by atomic mass is 35.5. The first-order valence-corrected chi connectivity index (χ1v) is 7.89. The van der Waals surface area contributed by atoms with Gasteiger partial charge in [-0.15, -0.1) is 0 Å². The Labute approximate surface area is 149 Å². The number of rotatable bonds is 6. The molecule has 8 heteroatoms. The van der Waals surface area contributed by atoms with Crippen LogP contribution in [0.1, 0.15) is 24.2 Å². The molecule has 1 amide bonds. The standard InChI is InChI=1S/C16H16Cl2N4O2/c1-10-19-8-12(9-20-10)21-16(23)6-5-15(22-24-2)11-3-4-13(17)14(18)7-11/h3-4,7-9H,5-6H2,1-2H3,(H,21,23). The Kier molecular flexibility index (Phi) is 6.52. The molecule has 1 aromatic carbocycles. The van der Waals surface area contributed by atoms with Gasteiger partial charge in [0.2, 0.25) is 5.91 Å². The number of amides is 1. The highest BCUT2D eigenvalue weighted by Gasteiger charge is 2.11. The van der Waals surface area contributed by atoms with E-state index in [-0.39, 0.29) is 12.3 Å². The van der Waals surface area contributed by atoms with Crippen LogP contribution in [-0.2, 0) is 9.63 Å². The van der Waals surface area contributed by atoms with Gasteiger partial charge in [0.15, 0.2) is 0 Å². The first-order chi connectivity index (χ1) is 11.5. The van der Waals surface area contributed by atoms with E-state index in [1.807, 2.05) is 0 Å². The number of halogens is 2. The third kappa shape index (κ3) is 5.18. The summed E-state index contributed by atoms with van der Waals surface area (Å²) < 4.78 is 0. The molecule has 0 aliphatic heterocycles. The summed E-state index contributed by atoms with van der Waals surface area (Å²) in [7, 11) is 1.45. The van der Waals surface area contributed by atoms with E-state index in [2.05, 4.69) is 20.4 Å². The van der Waals surface area contributed by atoms with E-state index in [4.69, 9.17) is 28.0 Å². The van der Waals surface area contributed by atoms with E-state index in [1.165, 1.54) is 7.11 Å². The van der Waals surface area contributed by atoms with Crippen molar-refractivity contribution in [2.45, 2.75) is 19.8 Å². The van der Waals surface area contributed by atoms with Crippen LogP contribution in [0.25, 0.3) is 0 Å². The molecule has 1 aromatic heterocycles. The number of aryl methyl sites for hydroxylation is 1. The number of nitrogens with one attached hydrogen (secondary N) is 1. The number of hydrogen-bond acceptors (Lipinski definition) is 5. The number of hydrogen-bond donors (Lipinski definition) is 1. The second-order valence-electron chi connectivity index (χ2n) is 4.92. The second-order valence-corrected chi connectivity index (χ2v) is 5.73. The summed E-state index contributed by atoms with van der Waals surface area (Å²) in [4.78, 5) is 25.0. The lowest BCUT2D eigenvalue weighted by Crippen LogP contribution is -2.14. The molecule has 24 heavy (non-hydrogen) atoms. The highest BCUT2D eigenvalue weighted by molar-refractivity contribution is 6.42. The first-order valence-electron chi connectivity index (χ1n) is 7.13. The van der Waals surface area contributed by atoms with Crippen LogP contribution in [-0.4, -0.2) is 28.7 Å². The van der Waals surface area contributed by atoms with Gasteiger partial charge in [-0.1, -0.05) is 34.4 Å². The summed E-state index contributed by atoms with van der Waals surface area (Å²) in [6.45, 7) is 1.77. The fourth-order valence-electron chi connectivity index (χ4n) is 1.94. The molecule has 0 unspecified atom stereocenters. The molecule has 6 nitrogen and oxygen atoms in total. The van der Waals surface area contributed by atoms with Crippen molar-refractivity contribution in [2.75, 3.05) is 12.4 Å². The minimum Gasteiger partial charge on any atom is -0.399 e. The Morgan fingerprint density at radius 2 is 1.92 bits per heavy atom. The lowest BCUT2D eigenvalue weighted by Gasteiger charge is -2.08. The van der Waals surface area contributed by atoms with Crippen molar-refractivity contribution < 1.29 is 9.63 Å². The van der Waals surface area contributed by atoms with Crippen LogP contribution >= 0.6 is 23.2 Å². The number of carbonyl (C=O) groups is 1. The molecule has 1 N–H and O–H groups in total. The molecule has 0 fully saturated rings. The van der Waals surface area contributed by atoms with E-state index in [9.17, 15) is 4.79 Å². The zero-order valence-electron chi connectivity index (χ0n) is 13.2. The Morgan fingerprint density at radius 3 is 2.54 bits per heavy atom. The lowest BCUT2D eigenvalue weighted by atomic mass is 10.1. The monoisotopic (exact) mass is 366 g/mol. The number of nitrogens with zero attached hydrogens (tertiary/aromatic N) is 3. The van der Waals surface area contributed by atoms with Gasteiger partial charge in [-0.2, -0.15) is 0 Å². The van der Waals surface area contributed by atoms with E-state index >= 15 is 0 Å². The Hall–Kier alpha value is -2.18. The van der Waals surface area contributed by atoms with Crippen molar-refractivity contribution in [1.82, 2.24) is 9.97 Å². The van der Waals surface area contributed by atoms with Crippen LogP contribution in [0.15, 0.2) is 35.7 Å². The van der Waals surface area contributed by atoms with Gasteiger partial charge < -0.3 is 10.2 Å². The number of carbonyl (C=O) groups excluding carboxylic acids is 1. The fraction of sp³-hybridized carbons (Fsp3) is 0.250. The van der Waals surface area contributed by atoms with Gasteiger partial charge in [0.05, 0.1) is 33.8 Å². The van der Waals surface area contributed by atoms with Crippen LogP contribution in [0.3, 0.4) is 0 Å². The van der Waals surface area contributed by atoms with Gasteiger partial charge >= 0.3 is 0 Å². The van der Waals surface area contributed by atoms with Gasteiger partial charge in [-0.05, 0) is 19.1 Å². The van der Waals surface area contributed by atoms with E-state index in [1.54, 1.807) is 37.5 Å². The van der Waals surface area contributed by atoms with Gasteiger partial charge in [-0.3, -0.25) is 4.79 Å². The number of oxime groups is 1. The molecule has 126 valence electrons. The van der Waals surface area contributed by atoms with E-state index in [0.717, 1.165) is 5.56 Å². The smallest absolute Gasteiger partial charge is 0.224 e. The molecule has 0 saturated heterocycles. The molecule has 0 bridgehead atoms. The highest BCUT2D eigenvalue weighted by Crippen LogP contribution is 2.23. The summed E-state index contributed by atoms with van der Waals surface area (Å²) in [6.07, 6.45) is 3.72. The van der Waals surface area contributed by atoms with Crippen LogP contribution in [0, 0.1) is 6.92 Å². The average Bonchev–Trinajstić information content (AvgIpc) is 2.56. The SMILES string of the molecule is CON=C(CCC(=O)Nc1cnc(C)nc1)c1ccc(Cl)c(Cl)c1. The molecular weight excluding hydrogens is 351 g/mol. The molecule has 0 radical (unpaired) electrons. The Balaban J connectivity index is 2.00. The number of anilines is 1. The fourth-order valence-corrected chi connectivity index (χ4v) is 2.24. The molecule has 0 aliphatic rings. The molecule has 2 rings (SSSR count). The van der Waals surface area contributed by atoms with Crippen molar-refractivity contribution in [3.63, 3.8) is 0 Å². The maximum Gasteiger partial charge on any atom is 0.224 e. The summed E-state index contributed by atoms with van der Waals surface area (Å²) in [5.41, 5.74) is 1.90. The maximum atomic E-state index is 12.0. The summed E-state index contributed by atoms with van der Waals surface area (Å²) in [5.74, 6) is 0.466. The first kappa shape index (κ1) is 18.2. The van der Waals surface area contributed by atoms with E-state index < -0.39 is 0 Å². The van der Waals surface area contributed by atoms with Gasteiger partial charge in [0.1, 0.15) is 12.9 Å². The molecule has 0 aliphatic carbocycles. The normalized spacial score (nSPS) is 11.2.